The summed E-state index contributed by atoms with van der Waals surface area (Å²) in [4.78, 5) is 38.5. The molecule has 0 aromatic carbocycles. The summed E-state index contributed by atoms with van der Waals surface area (Å²) in [6, 6.07) is 0. The molecule has 0 spiro atoms. The van der Waals surface area contributed by atoms with Gasteiger partial charge in [-0.1, -0.05) is 351 Å². The summed E-state index contributed by atoms with van der Waals surface area (Å²) in [5.74, 6) is -0.871. The first kappa shape index (κ1) is 80.1. The molecule has 1 atom stereocenters. The molecule has 484 valence electrons. The van der Waals surface area contributed by atoms with Gasteiger partial charge in [0.05, 0.1) is 0 Å². The van der Waals surface area contributed by atoms with Gasteiger partial charge in [0, 0.05) is 19.3 Å². The first-order valence-electron chi connectivity index (χ1n) is 36.8. The number of hydrogen-bond acceptors (Lipinski definition) is 6. The van der Waals surface area contributed by atoms with E-state index in [0.717, 1.165) is 96.3 Å². The van der Waals surface area contributed by atoms with Gasteiger partial charge in [0.25, 0.3) is 0 Å². The minimum absolute atomic E-state index is 0.0766. The highest BCUT2D eigenvalue weighted by molar-refractivity contribution is 5.71. The maximum absolute atomic E-state index is 13.0. The van der Waals surface area contributed by atoms with Gasteiger partial charge in [-0.2, -0.15) is 0 Å². The predicted molar refractivity (Wildman–Crippen MR) is 362 cm³/mol. The van der Waals surface area contributed by atoms with E-state index < -0.39 is 6.10 Å². The molecule has 0 aromatic rings. The van der Waals surface area contributed by atoms with Crippen molar-refractivity contribution in [1.82, 2.24) is 0 Å². The molecule has 0 amide bonds. The van der Waals surface area contributed by atoms with Crippen molar-refractivity contribution in [2.45, 2.75) is 399 Å². The molecule has 1 unspecified atom stereocenters. The van der Waals surface area contributed by atoms with E-state index in [1.54, 1.807) is 0 Å². The first-order chi connectivity index (χ1) is 41.0. The number of esters is 3. The Morgan fingerprint density at radius 3 is 0.723 bits per heavy atom. The van der Waals surface area contributed by atoms with Crippen LogP contribution in [0.3, 0.4) is 0 Å². The van der Waals surface area contributed by atoms with Gasteiger partial charge in [-0.25, -0.2) is 0 Å². The van der Waals surface area contributed by atoms with Crippen LogP contribution in [0.2, 0.25) is 0 Å². The molecule has 0 rings (SSSR count). The number of allylic oxidation sites excluding steroid dienone is 10. The standard InChI is InChI=1S/C77H140O6/c1-4-7-10-13-16-19-22-25-27-29-31-33-35-37-38-40-41-43-45-47-49-52-55-58-61-64-67-70-76(79)82-73-74(72-81-75(78)69-66-63-60-57-54-51-24-21-18-15-12-9-6-3)83-77(80)71-68-65-62-59-56-53-50-48-46-44-42-39-36-34-32-30-28-26-23-20-17-14-11-8-5-2/h12,15,21,23-24,26,30,32,36,39,74H,4-11,13-14,16-20,22,25,27-29,31,33-35,37-38,40-73H2,1-3H3/b15-12-,24-21-,26-23-,32-30-,39-36-. The molecule has 0 saturated carbocycles. The fourth-order valence-corrected chi connectivity index (χ4v) is 11.0. The summed E-state index contributed by atoms with van der Waals surface area (Å²) < 4.78 is 17.0. The second-order valence-corrected chi connectivity index (χ2v) is 24.9. The zero-order valence-corrected chi connectivity index (χ0v) is 55.7. The maximum Gasteiger partial charge on any atom is 0.306 e. The van der Waals surface area contributed by atoms with Crippen LogP contribution in [-0.2, 0) is 28.6 Å². The molecule has 0 saturated heterocycles. The van der Waals surface area contributed by atoms with Crippen molar-refractivity contribution in [1.29, 1.82) is 0 Å². The third-order valence-corrected chi connectivity index (χ3v) is 16.5. The van der Waals surface area contributed by atoms with Gasteiger partial charge in [-0.3, -0.25) is 14.4 Å². The van der Waals surface area contributed by atoms with Crippen LogP contribution < -0.4 is 0 Å². The van der Waals surface area contributed by atoms with E-state index in [1.165, 1.54) is 257 Å². The highest BCUT2D eigenvalue weighted by Crippen LogP contribution is 2.19. The molecule has 0 heterocycles. The Morgan fingerprint density at radius 2 is 0.458 bits per heavy atom. The molecule has 0 N–H and O–H groups in total. The third-order valence-electron chi connectivity index (χ3n) is 16.5. The molecule has 6 nitrogen and oxygen atoms in total. The lowest BCUT2D eigenvalue weighted by atomic mass is 10.0. The summed E-state index contributed by atoms with van der Waals surface area (Å²) in [6.07, 6.45) is 92.6. The van der Waals surface area contributed by atoms with Crippen LogP contribution in [0.1, 0.15) is 393 Å². The molecular weight excluding hydrogens is 1020 g/mol. The lowest BCUT2D eigenvalue weighted by molar-refractivity contribution is -0.167. The zero-order valence-electron chi connectivity index (χ0n) is 55.7. The number of unbranched alkanes of at least 4 members (excludes halogenated alkanes) is 47. The van der Waals surface area contributed by atoms with Crippen LogP contribution in [0.5, 0.6) is 0 Å². The first-order valence-corrected chi connectivity index (χ1v) is 36.8. The van der Waals surface area contributed by atoms with Crippen LogP contribution in [0.15, 0.2) is 60.8 Å². The minimum Gasteiger partial charge on any atom is -0.462 e. The van der Waals surface area contributed by atoms with Gasteiger partial charge in [-0.05, 0) is 83.5 Å². The average molecular weight is 1160 g/mol. The second kappa shape index (κ2) is 71.6. The Morgan fingerprint density at radius 1 is 0.241 bits per heavy atom. The fraction of sp³-hybridized carbons (Fsp3) is 0.831. The predicted octanol–water partition coefficient (Wildman–Crippen LogP) is 25.5. The van der Waals surface area contributed by atoms with E-state index in [4.69, 9.17) is 14.2 Å². The SMILES string of the molecule is CCC/C=C\C/C=C\CCCCCCCC(=O)OCC(COC(=O)CCCCCCCCCCCCCCCCCCCCCCCCCCCCC)OC(=O)CCCCCCCCCCCC/C=C\C/C=C\C/C=C\CCCCCCC. The zero-order chi connectivity index (χ0) is 59.9. The van der Waals surface area contributed by atoms with E-state index in [2.05, 4.69) is 81.5 Å². The van der Waals surface area contributed by atoms with Crippen molar-refractivity contribution in [3.8, 4) is 0 Å². The third kappa shape index (κ3) is 69.8. The summed E-state index contributed by atoms with van der Waals surface area (Å²) >= 11 is 0. The van der Waals surface area contributed by atoms with Crippen LogP contribution in [0.25, 0.3) is 0 Å². The molecule has 0 aliphatic carbocycles. The van der Waals surface area contributed by atoms with Gasteiger partial charge < -0.3 is 14.2 Å². The summed E-state index contributed by atoms with van der Waals surface area (Å²) in [5.41, 5.74) is 0. The van der Waals surface area contributed by atoms with Gasteiger partial charge in [0.1, 0.15) is 13.2 Å². The molecule has 0 bridgehead atoms. The van der Waals surface area contributed by atoms with E-state index in [1.807, 2.05) is 0 Å². The number of ether oxygens (including phenoxy) is 3. The van der Waals surface area contributed by atoms with Gasteiger partial charge in [0.2, 0.25) is 0 Å². The number of rotatable bonds is 68. The summed E-state index contributed by atoms with van der Waals surface area (Å²) in [6.45, 7) is 6.62. The molecule has 0 aromatic heterocycles. The monoisotopic (exact) mass is 1160 g/mol. The Kier molecular flexibility index (Phi) is 69.1. The van der Waals surface area contributed by atoms with E-state index >= 15 is 0 Å². The van der Waals surface area contributed by atoms with Gasteiger partial charge in [-0.15, -0.1) is 0 Å². The van der Waals surface area contributed by atoms with Crippen LogP contribution in [0, 0.1) is 0 Å². The van der Waals surface area contributed by atoms with Crippen molar-refractivity contribution in [2.75, 3.05) is 13.2 Å². The molecule has 0 radical (unpaired) electrons. The summed E-state index contributed by atoms with van der Waals surface area (Å²) in [7, 11) is 0. The maximum atomic E-state index is 13.0. The fourth-order valence-electron chi connectivity index (χ4n) is 11.0. The van der Waals surface area contributed by atoms with E-state index in [9.17, 15) is 14.4 Å². The van der Waals surface area contributed by atoms with Crippen molar-refractivity contribution < 1.29 is 28.6 Å². The number of hydrogen-bond donors (Lipinski definition) is 0. The second-order valence-electron chi connectivity index (χ2n) is 24.9. The molecule has 6 heteroatoms. The highest BCUT2D eigenvalue weighted by atomic mass is 16.6. The van der Waals surface area contributed by atoms with Crippen LogP contribution in [0.4, 0.5) is 0 Å². The molecule has 0 fully saturated rings. The normalized spacial score (nSPS) is 12.4. The van der Waals surface area contributed by atoms with Crippen molar-refractivity contribution in [3.63, 3.8) is 0 Å². The largest absolute Gasteiger partial charge is 0.462 e. The van der Waals surface area contributed by atoms with Crippen LogP contribution in [-0.4, -0.2) is 37.2 Å². The Bertz CT molecular complexity index is 1470. The number of carbonyl (C=O) groups is 3. The smallest absolute Gasteiger partial charge is 0.306 e. The van der Waals surface area contributed by atoms with Gasteiger partial charge in [0.15, 0.2) is 6.10 Å². The Hall–Kier alpha value is -2.89. The molecule has 0 aliphatic rings. The number of carbonyl (C=O) groups excluding carboxylic acids is 3. The summed E-state index contributed by atoms with van der Waals surface area (Å²) in [5, 5.41) is 0. The van der Waals surface area contributed by atoms with Crippen molar-refractivity contribution in [2.24, 2.45) is 0 Å². The van der Waals surface area contributed by atoms with Crippen molar-refractivity contribution in [3.05, 3.63) is 60.8 Å². The van der Waals surface area contributed by atoms with E-state index in [0.29, 0.717) is 19.3 Å². The highest BCUT2D eigenvalue weighted by Gasteiger charge is 2.19. The van der Waals surface area contributed by atoms with Crippen molar-refractivity contribution >= 4 is 17.9 Å². The van der Waals surface area contributed by atoms with E-state index in [-0.39, 0.29) is 31.1 Å². The van der Waals surface area contributed by atoms with Gasteiger partial charge >= 0.3 is 17.9 Å². The lowest BCUT2D eigenvalue weighted by Crippen LogP contribution is -2.30. The molecular formula is C77H140O6. The lowest BCUT2D eigenvalue weighted by Gasteiger charge is -2.18. The Labute approximate surface area is 517 Å². The van der Waals surface area contributed by atoms with Crippen LogP contribution >= 0.6 is 0 Å². The minimum atomic E-state index is -0.783. The Balaban J connectivity index is 4.23. The molecule has 83 heavy (non-hydrogen) atoms. The topological polar surface area (TPSA) is 78.9 Å². The average Bonchev–Trinajstić information content (AvgIpc) is 3.49. The quantitative estimate of drug-likeness (QED) is 0.0261. The molecule has 0 aliphatic heterocycles.